The van der Waals surface area contributed by atoms with Crippen molar-refractivity contribution in [3.8, 4) is 17.2 Å². The van der Waals surface area contributed by atoms with E-state index in [9.17, 15) is 24.8 Å². The van der Waals surface area contributed by atoms with Crippen molar-refractivity contribution in [3.05, 3.63) is 57.6 Å². The number of hydrogen-bond donors (Lipinski definition) is 2. The van der Waals surface area contributed by atoms with Gasteiger partial charge in [-0.1, -0.05) is 6.07 Å². The van der Waals surface area contributed by atoms with Crippen LogP contribution in [0.15, 0.2) is 42.0 Å². The number of hydrogen-bond acceptors (Lipinski definition) is 8. The smallest absolute Gasteiger partial charge is 0.315 e. The van der Waals surface area contributed by atoms with Crippen LogP contribution in [-0.4, -0.2) is 40.7 Å². The average Bonchev–Trinajstić information content (AvgIpc) is 2.72. The molecule has 2 aromatic rings. The number of aromatic hydroxyl groups is 1. The number of phenols is 1. The van der Waals surface area contributed by atoms with E-state index in [0.29, 0.717) is 18.0 Å². The van der Waals surface area contributed by atoms with E-state index in [0.717, 1.165) is 17.0 Å². The molecule has 0 bridgehead atoms. The number of thiocarbonyl (C=S) groups is 1. The van der Waals surface area contributed by atoms with Crippen LogP contribution in [0.5, 0.6) is 17.2 Å². The number of nitrogens with one attached hydrogen (secondary N) is 1. The van der Waals surface area contributed by atoms with Gasteiger partial charge in [0.15, 0.2) is 10.9 Å². The monoisotopic (exact) mass is 443 g/mol. The summed E-state index contributed by atoms with van der Waals surface area (Å²) in [6.07, 6.45) is 1.16. The lowest BCUT2D eigenvalue weighted by atomic mass is 10.1. The molecule has 1 aliphatic rings. The van der Waals surface area contributed by atoms with Crippen LogP contribution >= 0.6 is 12.2 Å². The quantitative estimate of drug-likeness (QED) is 0.229. The molecule has 0 aromatic heterocycles. The molecule has 0 atom stereocenters. The largest absolute Gasteiger partial charge is 0.500 e. The Kier molecular flexibility index (Phi) is 6.16. The number of methoxy groups -OCH3 is 1. The van der Waals surface area contributed by atoms with Crippen molar-refractivity contribution in [1.82, 2.24) is 5.32 Å². The number of phenolic OH excluding ortho intramolecular Hbond substituents is 1. The van der Waals surface area contributed by atoms with Gasteiger partial charge in [-0.05, 0) is 49.0 Å². The van der Waals surface area contributed by atoms with Crippen molar-refractivity contribution in [3.63, 3.8) is 0 Å². The van der Waals surface area contributed by atoms with E-state index in [4.69, 9.17) is 21.7 Å². The SMILES string of the molecule is CCOc1cccc(N2C(=O)/C(=C/c3cc(OC)c(O)c([N+](=O)[O-])c3)C(=O)NC2=S)c1. The lowest BCUT2D eigenvalue weighted by molar-refractivity contribution is -0.386. The van der Waals surface area contributed by atoms with Crippen molar-refractivity contribution in [1.29, 1.82) is 0 Å². The minimum Gasteiger partial charge on any atom is -0.500 e. The van der Waals surface area contributed by atoms with Crippen LogP contribution in [0.2, 0.25) is 0 Å². The van der Waals surface area contributed by atoms with Gasteiger partial charge in [0.1, 0.15) is 11.3 Å². The third-order valence-corrected chi connectivity index (χ3v) is 4.58. The van der Waals surface area contributed by atoms with Crippen molar-refractivity contribution >= 4 is 46.6 Å². The van der Waals surface area contributed by atoms with Crippen molar-refractivity contribution in [2.45, 2.75) is 6.92 Å². The number of ether oxygens (including phenoxy) is 2. The van der Waals surface area contributed by atoms with Gasteiger partial charge in [0.2, 0.25) is 5.75 Å². The van der Waals surface area contributed by atoms with E-state index < -0.39 is 28.2 Å². The van der Waals surface area contributed by atoms with Gasteiger partial charge in [-0.25, -0.2) is 0 Å². The van der Waals surface area contributed by atoms with E-state index in [1.165, 1.54) is 13.2 Å². The molecule has 1 heterocycles. The first-order chi connectivity index (χ1) is 14.8. The van der Waals surface area contributed by atoms with Crippen LogP contribution < -0.4 is 19.7 Å². The van der Waals surface area contributed by atoms with Crippen LogP contribution in [0.4, 0.5) is 11.4 Å². The van der Waals surface area contributed by atoms with Gasteiger partial charge < -0.3 is 14.6 Å². The molecular weight excluding hydrogens is 426 g/mol. The summed E-state index contributed by atoms with van der Waals surface area (Å²) in [5, 5.41) is 23.4. The van der Waals surface area contributed by atoms with Crippen molar-refractivity contribution in [2.24, 2.45) is 0 Å². The number of anilines is 1. The molecule has 1 fully saturated rings. The normalized spacial score (nSPS) is 15.1. The lowest BCUT2D eigenvalue weighted by Gasteiger charge is -2.29. The minimum absolute atomic E-state index is 0.107. The summed E-state index contributed by atoms with van der Waals surface area (Å²) < 4.78 is 10.4. The summed E-state index contributed by atoms with van der Waals surface area (Å²) >= 11 is 5.16. The van der Waals surface area contributed by atoms with E-state index in [1.54, 1.807) is 24.3 Å². The number of nitrogens with zero attached hydrogens (tertiary/aromatic N) is 2. The Bertz CT molecular complexity index is 1130. The minimum atomic E-state index is -0.802. The fourth-order valence-corrected chi connectivity index (χ4v) is 3.21. The maximum absolute atomic E-state index is 13.1. The van der Waals surface area contributed by atoms with Gasteiger partial charge in [0.05, 0.1) is 24.3 Å². The maximum atomic E-state index is 13.1. The summed E-state index contributed by atoms with van der Waals surface area (Å²) in [5.41, 5.74) is -0.457. The molecule has 11 heteroatoms. The standard InChI is InChI=1S/C20H17N3O7S/c1-3-30-13-6-4-5-12(10-13)22-19(26)14(18(25)21-20(22)31)7-11-8-15(23(27)28)17(24)16(9-11)29-2/h4-10,24H,3H2,1-2H3,(H,21,25,31)/b14-7+. The molecule has 1 aliphatic heterocycles. The molecule has 0 unspecified atom stereocenters. The van der Waals surface area contributed by atoms with Crippen molar-refractivity contribution < 1.29 is 29.1 Å². The highest BCUT2D eigenvalue weighted by Gasteiger charge is 2.35. The van der Waals surface area contributed by atoms with Crippen molar-refractivity contribution in [2.75, 3.05) is 18.6 Å². The zero-order valence-corrected chi connectivity index (χ0v) is 17.3. The third kappa shape index (κ3) is 4.31. The Labute approximate surface area is 181 Å². The fraction of sp³-hybridized carbons (Fsp3) is 0.150. The molecule has 0 saturated carbocycles. The second kappa shape index (κ2) is 8.79. The van der Waals surface area contributed by atoms with Gasteiger partial charge in [-0.3, -0.25) is 29.9 Å². The predicted octanol–water partition coefficient (Wildman–Crippen LogP) is 2.54. The molecule has 3 rings (SSSR count). The van der Waals surface area contributed by atoms with Gasteiger partial charge in [-0.15, -0.1) is 0 Å². The molecule has 0 radical (unpaired) electrons. The Morgan fingerprint density at radius 3 is 2.68 bits per heavy atom. The second-order valence-electron chi connectivity index (χ2n) is 6.24. The fourth-order valence-electron chi connectivity index (χ4n) is 2.93. The first-order valence-corrected chi connectivity index (χ1v) is 9.37. The number of benzene rings is 2. The molecule has 2 N–H and O–H groups in total. The van der Waals surface area contributed by atoms with Gasteiger partial charge >= 0.3 is 5.69 Å². The molecule has 160 valence electrons. The first kappa shape index (κ1) is 21.7. The number of nitro groups is 1. The highest BCUT2D eigenvalue weighted by atomic mass is 32.1. The second-order valence-corrected chi connectivity index (χ2v) is 6.62. The number of amides is 2. The highest BCUT2D eigenvalue weighted by Crippen LogP contribution is 2.37. The molecule has 0 spiro atoms. The zero-order valence-electron chi connectivity index (χ0n) is 16.4. The van der Waals surface area contributed by atoms with Crippen LogP contribution in [-0.2, 0) is 9.59 Å². The summed E-state index contributed by atoms with van der Waals surface area (Å²) in [5.74, 6) is -1.82. The summed E-state index contributed by atoms with van der Waals surface area (Å²) in [7, 11) is 1.22. The van der Waals surface area contributed by atoms with E-state index >= 15 is 0 Å². The molecular formula is C20H17N3O7S. The Morgan fingerprint density at radius 2 is 2.03 bits per heavy atom. The first-order valence-electron chi connectivity index (χ1n) is 8.96. The number of carbonyl (C=O) groups excluding carboxylic acids is 2. The summed E-state index contributed by atoms with van der Waals surface area (Å²) in [6, 6.07) is 8.89. The van der Waals surface area contributed by atoms with E-state index in [-0.39, 0.29) is 22.0 Å². The zero-order chi connectivity index (χ0) is 22.7. The van der Waals surface area contributed by atoms with Crippen LogP contribution in [0, 0.1) is 10.1 Å². The molecule has 10 nitrogen and oxygen atoms in total. The molecule has 1 saturated heterocycles. The average molecular weight is 443 g/mol. The maximum Gasteiger partial charge on any atom is 0.315 e. The highest BCUT2D eigenvalue weighted by molar-refractivity contribution is 7.80. The predicted molar refractivity (Wildman–Crippen MR) is 115 cm³/mol. The van der Waals surface area contributed by atoms with E-state index in [1.807, 2.05) is 6.92 Å². The van der Waals surface area contributed by atoms with Gasteiger partial charge in [0.25, 0.3) is 11.8 Å². The summed E-state index contributed by atoms with van der Waals surface area (Å²) in [6.45, 7) is 2.24. The number of rotatable bonds is 6. The Morgan fingerprint density at radius 1 is 1.29 bits per heavy atom. The van der Waals surface area contributed by atoms with Crippen LogP contribution in [0.25, 0.3) is 6.08 Å². The van der Waals surface area contributed by atoms with Crippen LogP contribution in [0.3, 0.4) is 0 Å². The molecule has 2 aromatic carbocycles. The third-order valence-electron chi connectivity index (χ3n) is 4.29. The number of carbonyl (C=O) groups is 2. The van der Waals surface area contributed by atoms with Crippen LogP contribution in [0.1, 0.15) is 12.5 Å². The molecule has 31 heavy (non-hydrogen) atoms. The number of nitro benzene ring substituents is 1. The molecule has 0 aliphatic carbocycles. The molecule has 2 amide bonds. The van der Waals surface area contributed by atoms with Gasteiger partial charge in [-0.2, -0.15) is 0 Å². The van der Waals surface area contributed by atoms with Gasteiger partial charge in [0, 0.05) is 12.1 Å². The summed E-state index contributed by atoms with van der Waals surface area (Å²) in [4.78, 5) is 37.1. The Balaban J connectivity index is 2.06. The van der Waals surface area contributed by atoms with E-state index in [2.05, 4.69) is 5.32 Å². The lowest BCUT2D eigenvalue weighted by Crippen LogP contribution is -2.54. The Hall–Kier alpha value is -3.99. The topological polar surface area (TPSA) is 131 Å².